The molecule has 1 atom stereocenters. The van der Waals surface area contributed by atoms with Crippen LogP contribution >= 0.6 is 0 Å². The van der Waals surface area contributed by atoms with Crippen LogP contribution in [-0.4, -0.2) is 28.0 Å². The molecule has 0 aromatic carbocycles. The van der Waals surface area contributed by atoms with E-state index in [4.69, 9.17) is 10.2 Å². The molecule has 0 unspecified atom stereocenters. The first-order chi connectivity index (χ1) is 4.19. The third-order valence-electron chi connectivity index (χ3n) is 0.842. The lowest BCUT2D eigenvalue weighted by Crippen LogP contribution is -2.47. The Bertz CT molecular complexity index is 148. The first kappa shape index (κ1) is 9.22. The number of alkyl halides is 3. The van der Waals surface area contributed by atoms with E-state index in [1.807, 2.05) is 0 Å². The van der Waals surface area contributed by atoms with Crippen molar-refractivity contribution in [3.8, 4) is 0 Å². The van der Waals surface area contributed by atoms with Crippen LogP contribution in [0.2, 0.25) is 0 Å². The monoisotopic (exact) mass is 158 g/mol. The second kappa shape index (κ2) is 2.12. The van der Waals surface area contributed by atoms with Gasteiger partial charge in [-0.3, -0.25) is 0 Å². The lowest BCUT2D eigenvalue weighted by molar-refractivity contribution is -0.245. The zero-order valence-electron chi connectivity index (χ0n) is 4.94. The molecule has 10 heavy (non-hydrogen) atoms. The Labute approximate surface area is 54.1 Å². The van der Waals surface area contributed by atoms with E-state index in [2.05, 4.69) is 0 Å². The number of carbonyl (C=O) groups is 1. The number of carboxylic acids is 1. The van der Waals surface area contributed by atoms with Gasteiger partial charge < -0.3 is 10.2 Å². The molecule has 60 valence electrons. The molecule has 0 saturated heterocycles. The maximum atomic E-state index is 11.8. The van der Waals surface area contributed by atoms with Gasteiger partial charge in [0.2, 0.25) is 0 Å². The molecule has 0 aliphatic rings. The summed E-state index contributed by atoms with van der Waals surface area (Å²) in [6, 6.07) is 0. The smallest absolute Gasteiger partial charge is 0.399 e. The summed E-state index contributed by atoms with van der Waals surface area (Å²) in [5, 5.41) is 15.5. The van der Waals surface area contributed by atoms with E-state index >= 15 is 0 Å². The van der Waals surface area contributed by atoms with Gasteiger partial charge in [0, 0.05) is 6.92 Å². The highest BCUT2D eigenvalue weighted by molar-refractivity contribution is 5.76. The van der Waals surface area contributed by atoms with E-state index in [1.54, 1.807) is 0 Å². The number of halogens is 3. The number of aliphatic hydroxyl groups is 1. The summed E-state index contributed by atoms with van der Waals surface area (Å²) in [7, 11) is 0. The second-order valence-corrected chi connectivity index (χ2v) is 1.83. The van der Waals surface area contributed by atoms with E-state index in [0.29, 0.717) is 0 Å². The second-order valence-electron chi connectivity index (χ2n) is 1.83. The zero-order chi connectivity index (χ0) is 8.58. The highest BCUT2D eigenvalue weighted by Crippen LogP contribution is 2.29. The standard InChI is InChI=1S/C4H5F3O3/c1-3(5,10)4(6,7)2(8)9/h10H,1H3,(H,8,9)/t3-/m0/s1. The fourth-order valence-corrected chi connectivity index (χ4v) is 0.195. The summed E-state index contributed by atoms with van der Waals surface area (Å²) in [5.74, 6) is -11.5. The minimum atomic E-state index is -4.76. The van der Waals surface area contributed by atoms with Crippen LogP contribution in [0, 0.1) is 0 Å². The Hall–Kier alpha value is -0.780. The maximum absolute atomic E-state index is 11.8. The van der Waals surface area contributed by atoms with Gasteiger partial charge in [0.25, 0.3) is 5.85 Å². The van der Waals surface area contributed by atoms with Crippen molar-refractivity contribution in [1.82, 2.24) is 0 Å². The van der Waals surface area contributed by atoms with Crippen LogP contribution in [0.25, 0.3) is 0 Å². The van der Waals surface area contributed by atoms with Gasteiger partial charge in [-0.05, 0) is 0 Å². The molecule has 6 heteroatoms. The van der Waals surface area contributed by atoms with E-state index in [0.717, 1.165) is 0 Å². The molecule has 0 amide bonds. The molecule has 0 aliphatic heterocycles. The number of rotatable bonds is 2. The number of aliphatic carboxylic acids is 1. The van der Waals surface area contributed by atoms with E-state index in [1.165, 1.54) is 0 Å². The van der Waals surface area contributed by atoms with Gasteiger partial charge in [0.15, 0.2) is 0 Å². The van der Waals surface area contributed by atoms with Gasteiger partial charge in [-0.2, -0.15) is 8.78 Å². The zero-order valence-corrected chi connectivity index (χ0v) is 4.94. The molecule has 0 heterocycles. The SMILES string of the molecule is C[C@@](O)(F)C(F)(F)C(=O)O. The molecule has 0 spiro atoms. The quantitative estimate of drug-likeness (QED) is 0.610. The van der Waals surface area contributed by atoms with E-state index < -0.39 is 17.7 Å². The summed E-state index contributed by atoms with van der Waals surface area (Å²) >= 11 is 0. The molecule has 0 bridgehead atoms. The summed E-state index contributed by atoms with van der Waals surface area (Å²) in [5.41, 5.74) is 0. The largest absolute Gasteiger partial charge is 0.477 e. The normalized spacial score (nSPS) is 18.1. The molecule has 0 fully saturated rings. The van der Waals surface area contributed by atoms with Crippen LogP contribution in [0.1, 0.15) is 6.92 Å². The van der Waals surface area contributed by atoms with Crippen molar-refractivity contribution < 1.29 is 28.2 Å². The highest BCUT2D eigenvalue weighted by Gasteiger charge is 2.57. The van der Waals surface area contributed by atoms with Crippen molar-refractivity contribution in [1.29, 1.82) is 0 Å². The van der Waals surface area contributed by atoms with Crippen molar-refractivity contribution in [2.75, 3.05) is 0 Å². The van der Waals surface area contributed by atoms with E-state index in [9.17, 15) is 18.0 Å². The molecule has 2 N–H and O–H groups in total. The minimum Gasteiger partial charge on any atom is -0.477 e. The summed E-state index contributed by atoms with van der Waals surface area (Å²) in [4.78, 5) is 9.52. The van der Waals surface area contributed by atoms with Gasteiger partial charge in [0.1, 0.15) is 0 Å². The van der Waals surface area contributed by atoms with Gasteiger partial charge in [-0.15, -0.1) is 0 Å². The molecule has 0 rings (SSSR count). The highest BCUT2D eigenvalue weighted by atomic mass is 19.3. The van der Waals surface area contributed by atoms with Crippen molar-refractivity contribution in [2.24, 2.45) is 0 Å². The maximum Gasteiger partial charge on any atom is 0.399 e. The molecule has 0 radical (unpaired) electrons. The molecule has 0 aliphatic carbocycles. The predicted octanol–water partition coefficient (Wildman–Crippen LogP) is 0.384. The number of carboxylic acid groups (broad SMARTS) is 1. The van der Waals surface area contributed by atoms with Crippen LogP contribution in [0.5, 0.6) is 0 Å². The Morgan fingerprint density at radius 2 is 1.70 bits per heavy atom. The van der Waals surface area contributed by atoms with Crippen molar-refractivity contribution in [3.05, 3.63) is 0 Å². The average molecular weight is 158 g/mol. The summed E-state index contributed by atoms with van der Waals surface area (Å²) in [6.07, 6.45) is 0. The Balaban J connectivity index is 4.57. The van der Waals surface area contributed by atoms with Crippen LogP contribution in [0.15, 0.2) is 0 Å². The molecular formula is C4H5F3O3. The Morgan fingerprint density at radius 1 is 1.40 bits per heavy atom. The van der Waals surface area contributed by atoms with Crippen molar-refractivity contribution in [2.45, 2.75) is 18.7 Å². The molecule has 3 nitrogen and oxygen atoms in total. The topological polar surface area (TPSA) is 57.5 Å². The van der Waals surface area contributed by atoms with Crippen LogP contribution in [-0.2, 0) is 4.79 Å². The molecule has 0 saturated carbocycles. The average Bonchev–Trinajstić information content (AvgIpc) is 1.62. The molecule has 0 aromatic heterocycles. The fraction of sp³-hybridized carbons (Fsp3) is 0.750. The lowest BCUT2D eigenvalue weighted by Gasteiger charge is -2.20. The summed E-state index contributed by atoms with van der Waals surface area (Å²) < 4.78 is 35.5. The lowest BCUT2D eigenvalue weighted by atomic mass is 10.2. The van der Waals surface area contributed by atoms with Gasteiger partial charge in [-0.1, -0.05) is 0 Å². The van der Waals surface area contributed by atoms with Crippen LogP contribution < -0.4 is 0 Å². The van der Waals surface area contributed by atoms with Crippen LogP contribution in [0.3, 0.4) is 0 Å². The molecule has 0 aromatic rings. The van der Waals surface area contributed by atoms with E-state index in [-0.39, 0.29) is 6.92 Å². The van der Waals surface area contributed by atoms with Crippen LogP contribution in [0.4, 0.5) is 13.2 Å². The van der Waals surface area contributed by atoms with Gasteiger partial charge in [0.05, 0.1) is 0 Å². The Kier molecular flexibility index (Phi) is 1.95. The predicted molar refractivity (Wildman–Crippen MR) is 24.3 cm³/mol. The molecular weight excluding hydrogens is 153 g/mol. The first-order valence-electron chi connectivity index (χ1n) is 2.22. The number of hydrogen-bond acceptors (Lipinski definition) is 2. The number of hydrogen-bond donors (Lipinski definition) is 2. The van der Waals surface area contributed by atoms with Crippen molar-refractivity contribution >= 4 is 5.97 Å². The third kappa shape index (κ3) is 1.38. The summed E-state index contributed by atoms with van der Waals surface area (Å²) in [6.45, 7) is 0.0706. The first-order valence-corrected chi connectivity index (χ1v) is 2.22. The Morgan fingerprint density at radius 3 is 1.70 bits per heavy atom. The third-order valence-corrected chi connectivity index (χ3v) is 0.842. The van der Waals surface area contributed by atoms with Gasteiger partial charge in [-0.25, -0.2) is 9.18 Å². The minimum absolute atomic E-state index is 0.0706. The van der Waals surface area contributed by atoms with Gasteiger partial charge >= 0.3 is 11.9 Å². The van der Waals surface area contributed by atoms with Crippen molar-refractivity contribution in [3.63, 3.8) is 0 Å². The fourth-order valence-electron chi connectivity index (χ4n) is 0.195.